The topological polar surface area (TPSA) is 0 Å². The summed E-state index contributed by atoms with van der Waals surface area (Å²) in [4.78, 5) is 0. The molecule has 0 saturated heterocycles. The van der Waals surface area contributed by atoms with Gasteiger partial charge in [-0.25, -0.2) is 0 Å². The zero-order valence-corrected chi connectivity index (χ0v) is 27.3. The SMILES string of the molecule is CC1=C(C)C(C)C([Si](c2cc(C)cc([Si](C)(C)C)c2)(c2c(C)cccc2C)c2c(C)cccc2C)=C1C. The molecule has 0 aromatic heterocycles. The van der Waals surface area contributed by atoms with Gasteiger partial charge >= 0.3 is 0 Å². The largest absolute Gasteiger partial charge is 0.177 e. The van der Waals surface area contributed by atoms with Gasteiger partial charge in [0.1, 0.15) is 0 Å². The van der Waals surface area contributed by atoms with Crippen molar-refractivity contribution in [1.82, 2.24) is 0 Å². The number of aryl methyl sites for hydroxylation is 5. The molecule has 0 aliphatic heterocycles. The second kappa shape index (κ2) is 9.71. The molecule has 1 unspecified atom stereocenters. The highest BCUT2D eigenvalue weighted by atomic mass is 28.3. The van der Waals surface area contributed by atoms with Crippen molar-refractivity contribution >= 4 is 36.9 Å². The lowest BCUT2D eigenvalue weighted by Gasteiger charge is -2.42. The van der Waals surface area contributed by atoms with Crippen LogP contribution in [0.4, 0.5) is 0 Å². The van der Waals surface area contributed by atoms with E-state index in [1.54, 1.807) is 31.5 Å². The van der Waals surface area contributed by atoms with Crippen LogP contribution in [0.25, 0.3) is 0 Å². The predicted molar refractivity (Wildman–Crippen MR) is 171 cm³/mol. The van der Waals surface area contributed by atoms with E-state index in [4.69, 9.17) is 0 Å². The fourth-order valence-corrected chi connectivity index (χ4v) is 15.3. The van der Waals surface area contributed by atoms with Crippen LogP contribution in [0.3, 0.4) is 0 Å². The van der Waals surface area contributed by atoms with Gasteiger partial charge in [-0.05, 0) is 82.4 Å². The standard InChI is InChI=1S/C35H46Si2/c1-22-19-31(36(10,11)12)21-32(20-22)37(33-23(2)15-13-16-24(33)3,34-25(4)17-14-18-26(34)5)35-29(8)27(6)28(7)30(35)9/h13-21,29H,1-12H3. The van der Waals surface area contributed by atoms with Gasteiger partial charge in [0.2, 0.25) is 0 Å². The maximum Gasteiger partial charge on any atom is 0.177 e. The normalized spacial score (nSPS) is 16.7. The van der Waals surface area contributed by atoms with Gasteiger partial charge < -0.3 is 0 Å². The van der Waals surface area contributed by atoms with Crippen molar-refractivity contribution in [2.75, 3.05) is 0 Å². The Morgan fingerprint density at radius 1 is 0.568 bits per heavy atom. The number of rotatable bonds is 5. The molecule has 37 heavy (non-hydrogen) atoms. The molecule has 4 rings (SSSR count). The molecule has 0 saturated carbocycles. The Morgan fingerprint density at radius 2 is 1.00 bits per heavy atom. The summed E-state index contributed by atoms with van der Waals surface area (Å²) in [5.41, 5.74) is 11.7. The van der Waals surface area contributed by atoms with Gasteiger partial charge in [-0.2, -0.15) is 0 Å². The van der Waals surface area contributed by atoms with E-state index in [1.807, 2.05) is 0 Å². The summed E-state index contributed by atoms with van der Waals surface area (Å²) in [6.07, 6.45) is 0. The van der Waals surface area contributed by atoms with Crippen LogP contribution in [0.1, 0.15) is 55.5 Å². The molecule has 0 N–H and O–H groups in total. The monoisotopic (exact) mass is 522 g/mol. The Balaban J connectivity index is 2.36. The molecule has 1 atom stereocenters. The van der Waals surface area contributed by atoms with Crippen LogP contribution in [0, 0.1) is 40.5 Å². The first kappa shape index (κ1) is 27.6. The Morgan fingerprint density at radius 3 is 1.38 bits per heavy atom. The van der Waals surface area contributed by atoms with Crippen molar-refractivity contribution in [3.05, 3.63) is 104 Å². The summed E-state index contributed by atoms with van der Waals surface area (Å²) in [5.74, 6) is 0.431. The minimum atomic E-state index is -2.66. The zero-order chi connectivity index (χ0) is 27.4. The third-order valence-corrected chi connectivity index (χ3v) is 17.0. The van der Waals surface area contributed by atoms with Crippen molar-refractivity contribution < 1.29 is 0 Å². The number of hydrogen-bond donors (Lipinski definition) is 0. The highest BCUT2D eigenvalue weighted by Crippen LogP contribution is 2.42. The quantitative estimate of drug-likeness (QED) is 0.248. The van der Waals surface area contributed by atoms with E-state index < -0.39 is 16.1 Å². The lowest BCUT2D eigenvalue weighted by atomic mass is 10.1. The highest BCUT2D eigenvalue weighted by Gasteiger charge is 2.51. The Bertz CT molecular complexity index is 1350. The van der Waals surface area contributed by atoms with Crippen LogP contribution in [-0.4, -0.2) is 16.1 Å². The molecule has 0 spiro atoms. The molecule has 194 valence electrons. The smallest absolute Gasteiger partial charge is 0.0656 e. The van der Waals surface area contributed by atoms with Crippen LogP contribution < -0.4 is 20.7 Å². The molecular formula is C35H46Si2. The summed E-state index contributed by atoms with van der Waals surface area (Å²) in [5, 5.41) is 8.04. The summed E-state index contributed by atoms with van der Waals surface area (Å²) in [7, 11) is -4.20. The number of benzene rings is 3. The number of hydrogen-bond acceptors (Lipinski definition) is 0. The second-order valence-corrected chi connectivity index (χ2v) is 21.4. The highest BCUT2D eigenvalue weighted by molar-refractivity contribution is 7.17. The van der Waals surface area contributed by atoms with Crippen molar-refractivity contribution in [3.63, 3.8) is 0 Å². The van der Waals surface area contributed by atoms with E-state index in [1.165, 1.54) is 39.0 Å². The van der Waals surface area contributed by atoms with Gasteiger partial charge in [-0.3, -0.25) is 0 Å². The molecule has 1 aliphatic rings. The third-order valence-electron chi connectivity index (χ3n) is 9.13. The van der Waals surface area contributed by atoms with Crippen LogP contribution >= 0.6 is 0 Å². The Kier molecular flexibility index (Phi) is 7.24. The molecule has 2 heteroatoms. The fraction of sp³-hybridized carbons (Fsp3) is 0.371. The Labute approximate surface area is 228 Å². The minimum Gasteiger partial charge on any atom is -0.0656 e. The van der Waals surface area contributed by atoms with Gasteiger partial charge in [0.05, 0.1) is 8.07 Å². The maximum atomic E-state index is 2.65. The first-order valence-corrected chi connectivity index (χ1v) is 19.4. The molecule has 0 amide bonds. The summed E-state index contributed by atoms with van der Waals surface area (Å²) < 4.78 is 0. The van der Waals surface area contributed by atoms with Gasteiger partial charge in [-0.15, -0.1) is 0 Å². The van der Waals surface area contributed by atoms with Gasteiger partial charge in [0.15, 0.2) is 8.07 Å². The second-order valence-electron chi connectivity index (χ2n) is 12.7. The lowest BCUT2D eigenvalue weighted by Crippen LogP contribution is -2.72. The van der Waals surface area contributed by atoms with E-state index in [0.717, 1.165) is 0 Å². The molecule has 3 aromatic rings. The third kappa shape index (κ3) is 4.36. The van der Waals surface area contributed by atoms with Crippen LogP contribution in [0.5, 0.6) is 0 Å². The average molecular weight is 523 g/mol. The van der Waals surface area contributed by atoms with Crippen LogP contribution in [0.15, 0.2) is 76.5 Å². The van der Waals surface area contributed by atoms with E-state index >= 15 is 0 Å². The molecule has 1 aliphatic carbocycles. The van der Waals surface area contributed by atoms with Gasteiger partial charge in [0, 0.05) is 0 Å². The van der Waals surface area contributed by atoms with Crippen LogP contribution in [-0.2, 0) is 0 Å². The van der Waals surface area contributed by atoms with Gasteiger partial charge in [0.25, 0.3) is 0 Å². The molecule has 0 radical (unpaired) electrons. The molecule has 0 bridgehead atoms. The fourth-order valence-electron chi connectivity index (χ4n) is 7.05. The molecule has 3 aromatic carbocycles. The van der Waals surface area contributed by atoms with Crippen molar-refractivity contribution in [2.45, 2.75) is 82.0 Å². The summed E-state index contributed by atoms with van der Waals surface area (Å²) in [6, 6.07) is 21.6. The predicted octanol–water partition coefficient (Wildman–Crippen LogP) is 7.09. The minimum absolute atomic E-state index is 0.431. The van der Waals surface area contributed by atoms with Crippen molar-refractivity contribution in [2.24, 2.45) is 5.92 Å². The van der Waals surface area contributed by atoms with Crippen molar-refractivity contribution in [3.8, 4) is 0 Å². The molecule has 0 fully saturated rings. The van der Waals surface area contributed by atoms with E-state index in [2.05, 4.69) is 137 Å². The Hall–Kier alpha value is -2.43. The van der Waals surface area contributed by atoms with Crippen LogP contribution in [0.2, 0.25) is 19.6 Å². The summed E-state index contributed by atoms with van der Waals surface area (Å²) >= 11 is 0. The lowest BCUT2D eigenvalue weighted by molar-refractivity contribution is 0.851. The molecule has 0 heterocycles. The van der Waals surface area contributed by atoms with Gasteiger partial charge in [-0.1, -0.05) is 131 Å². The maximum absolute atomic E-state index is 2.66. The molecule has 0 nitrogen and oxygen atoms in total. The first-order chi connectivity index (χ1) is 17.2. The number of allylic oxidation sites excluding steroid dienone is 4. The van der Waals surface area contributed by atoms with Crippen molar-refractivity contribution in [1.29, 1.82) is 0 Å². The first-order valence-electron chi connectivity index (χ1n) is 13.9. The van der Waals surface area contributed by atoms with E-state index in [9.17, 15) is 0 Å². The van der Waals surface area contributed by atoms with E-state index in [0.29, 0.717) is 5.92 Å². The average Bonchev–Trinajstić information content (AvgIpc) is 2.99. The summed E-state index contributed by atoms with van der Waals surface area (Å²) in [6.45, 7) is 28.8. The molecular weight excluding hydrogens is 477 g/mol. The zero-order valence-electron chi connectivity index (χ0n) is 25.3. The van der Waals surface area contributed by atoms with E-state index in [-0.39, 0.29) is 0 Å².